The number of aryl methyl sites for hydroxylation is 2. The fraction of sp³-hybridized carbons (Fsp3) is 0.375. The summed E-state index contributed by atoms with van der Waals surface area (Å²) in [6.07, 6.45) is 1.75. The van der Waals surface area contributed by atoms with Gasteiger partial charge in [-0.15, -0.1) is 0 Å². The number of carbonyl (C=O) groups is 1. The summed E-state index contributed by atoms with van der Waals surface area (Å²) in [5.41, 5.74) is 9.66. The first-order chi connectivity index (χ1) is 10.1. The molecule has 1 heterocycles. The van der Waals surface area contributed by atoms with Gasteiger partial charge in [0, 0.05) is 12.2 Å². The van der Waals surface area contributed by atoms with E-state index in [1.165, 1.54) is 0 Å². The molecule has 0 aliphatic carbocycles. The summed E-state index contributed by atoms with van der Waals surface area (Å²) < 4.78 is 0. The van der Waals surface area contributed by atoms with Crippen molar-refractivity contribution in [3.8, 4) is 0 Å². The number of hydrogen-bond donors (Lipinski definition) is 2. The van der Waals surface area contributed by atoms with E-state index in [1.54, 1.807) is 4.90 Å². The van der Waals surface area contributed by atoms with Crippen molar-refractivity contribution in [2.75, 3.05) is 17.2 Å². The Morgan fingerprint density at radius 3 is 2.52 bits per heavy atom. The van der Waals surface area contributed by atoms with Crippen molar-refractivity contribution in [3.63, 3.8) is 0 Å². The van der Waals surface area contributed by atoms with E-state index in [1.807, 2.05) is 38.1 Å². The Morgan fingerprint density at radius 1 is 1.29 bits per heavy atom. The van der Waals surface area contributed by atoms with Crippen LogP contribution in [0.15, 0.2) is 24.3 Å². The minimum Gasteiger partial charge on any atom is -0.395 e. The molecule has 1 aromatic carbocycles. The largest absolute Gasteiger partial charge is 0.395 e. The quantitative estimate of drug-likeness (QED) is 0.887. The average molecular weight is 286 g/mol. The van der Waals surface area contributed by atoms with Gasteiger partial charge in [-0.3, -0.25) is 9.89 Å². The number of rotatable bonds is 5. The predicted molar refractivity (Wildman–Crippen MR) is 85.5 cm³/mol. The van der Waals surface area contributed by atoms with Crippen LogP contribution in [0.5, 0.6) is 0 Å². The van der Waals surface area contributed by atoms with Crippen molar-refractivity contribution in [1.82, 2.24) is 10.2 Å². The number of amides is 1. The lowest BCUT2D eigenvalue weighted by Crippen LogP contribution is -2.31. The maximum Gasteiger partial charge on any atom is 0.280 e. The van der Waals surface area contributed by atoms with Crippen LogP contribution in [-0.2, 0) is 6.42 Å². The van der Waals surface area contributed by atoms with Gasteiger partial charge < -0.3 is 10.6 Å². The van der Waals surface area contributed by atoms with Crippen LogP contribution in [0.2, 0.25) is 0 Å². The summed E-state index contributed by atoms with van der Waals surface area (Å²) in [5, 5.41) is 6.98. The molecule has 0 aliphatic heterocycles. The Balaban J connectivity index is 2.30. The lowest BCUT2D eigenvalue weighted by atomic mass is 10.1. The monoisotopic (exact) mass is 286 g/mol. The molecule has 0 aliphatic rings. The van der Waals surface area contributed by atoms with Gasteiger partial charge in [0.15, 0.2) is 5.69 Å². The highest BCUT2D eigenvalue weighted by Gasteiger charge is 2.22. The third-order valence-electron chi connectivity index (χ3n) is 3.49. The molecule has 1 aromatic heterocycles. The van der Waals surface area contributed by atoms with E-state index in [2.05, 4.69) is 17.1 Å². The number of nitrogens with one attached hydrogen (secondary N) is 1. The Bertz CT molecular complexity index is 616. The summed E-state index contributed by atoms with van der Waals surface area (Å²) >= 11 is 0. The van der Waals surface area contributed by atoms with Crippen LogP contribution in [0.3, 0.4) is 0 Å². The Morgan fingerprint density at radius 2 is 1.95 bits per heavy atom. The van der Waals surface area contributed by atoms with Crippen molar-refractivity contribution >= 4 is 17.3 Å². The van der Waals surface area contributed by atoms with Crippen LogP contribution in [0.25, 0.3) is 0 Å². The van der Waals surface area contributed by atoms with Crippen LogP contribution in [0, 0.1) is 6.92 Å². The van der Waals surface area contributed by atoms with E-state index in [-0.39, 0.29) is 5.91 Å². The second kappa shape index (κ2) is 6.43. The van der Waals surface area contributed by atoms with E-state index in [0.717, 1.165) is 29.8 Å². The number of H-pyrrole nitrogens is 1. The van der Waals surface area contributed by atoms with Gasteiger partial charge in [0.1, 0.15) is 0 Å². The molecule has 5 nitrogen and oxygen atoms in total. The van der Waals surface area contributed by atoms with Crippen LogP contribution >= 0.6 is 0 Å². The van der Waals surface area contributed by atoms with Crippen molar-refractivity contribution in [1.29, 1.82) is 0 Å². The first-order valence-corrected chi connectivity index (χ1v) is 7.29. The van der Waals surface area contributed by atoms with Crippen LogP contribution < -0.4 is 10.6 Å². The van der Waals surface area contributed by atoms with Gasteiger partial charge in [-0.25, -0.2) is 0 Å². The number of carbonyl (C=O) groups excluding carboxylic acids is 1. The molecule has 0 spiro atoms. The highest BCUT2D eigenvalue weighted by Crippen LogP contribution is 2.22. The van der Waals surface area contributed by atoms with Gasteiger partial charge >= 0.3 is 0 Å². The molecule has 5 heteroatoms. The highest BCUT2D eigenvalue weighted by molar-refractivity contribution is 6.08. The number of aromatic nitrogens is 2. The number of nitrogen functional groups attached to an aromatic ring is 1. The first kappa shape index (κ1) is 15.1. The maximum atomic E-state index is 12.7. The normalized spacial score (nSPS) is 10.6. The minimum atomic E-state index is -0.169. The summed E-state index contributed by atoms with van der Waals surface area (Å²) in [6, 6.07) is 7.85. The highest BCUT2D eigenvalue weighted by atomic mass is 16.2. The first-order valence-electron chi connectivity index (χ1n) is 7.29. The van der Waals surface area contributed by atoms with Gasteiger partial charge in [-0.1, -0.05) is 31.0 Å². The second-order valence-corrected chi connectivity index (χ2v) is 5.10. The molecule has 112 valence electrons. The molecule has 0 fully saturated rings. The van der Waals surface area contributed by atoms with Gasteiger partial charge in [0.25, 0.3) is 5.91 Å². The minimum absolute atomic E-state index is 0.169. The molecule has 21 heavy (non-hydrogen) atoms. The molecular formula is C16H22N4O. The third kappa shape index (κ3) is 3.07. The topological polar surface area (TPSA) is 75.0 Å². The standard InChI is InChI=1S/C16H22N4O/c1-4-6-13-14(17)15(19-18-13)16(21)20(5-2)12-9-7-11(3)8-10-12/h7-10H,4-6,17H2,1-3H3,(H,18,19). The number of hydrogen-bond acceptors (Lipinski definition) is 3. The Labute approximate surface area is 125 Å². The molecule has 0 saturated carbocycles. The van der Waals surface area contributed by atoms with Crippen LogP contribution in [-0.4, -0.2) is 22.6 Å². The number of aromatic amines is 1. The zero-order valence-corrected chi connectivity index (χ0v) is 12.8. The zero-order chi connectivity index (χ0) is 15.4. The summed E-state index contributed by atoms with van der Waals surface area (Å²) in [7, 11) is 0. The summed E-state index contributed by atoms with van der Waals surface area (Å²) in [6.45, 7) is 6.59. The van der Waals surface area contributed by atoms with E-state index in [0.29, 0.717) is 17.9 Å². The van der Waals surface area contributed by atoms with Crippen molar-refractivity contribution in [2.45, 2.75) is 33.6 Å². The number of anilines is 2. The smallest absolute Gasteiger partial charge is 0.280 e. The van der Waals surface area contributed by atoms with Gasteiger partial charge in [-0.05, 0) is 32.4 Å². The Kier molecular flexibility index (Phi) is 4.62. The fourth-order valence-corrected chi connectivity index (χ4v) is 2.29. The van der Waals surface area contributed by atoms with E-state index < -0.39 is 0 Å². The van der Waals surface area contributed by atoms with Crippen LogP contribution in [0.4, 0.5) is 11.4 Å². The molecule has 0 atom stereocenters. The molecule has 0 bridgehead atoms. The van der Waals surface area contributed by atoms with E-state index in [4.69, 9.17) is 5.73 Å². The number of nitrogens with two attached hydrogens (primary N) is 1. The molecular weight excluding hydrogens is 264 g/mol. The predicted octanol–water partition coefficient (Wildman–Crippen LogP) is 2.92. The SMILES string of the molecule is CCCc1[nH]nc(C(=O)N(CC)c2ccc(C)cc2)c1N. The maximum absolute atomic E-state index is 12.7. The Hall–Kier alpha value is -2.30. The summed E-state index contributed by atoms with van der Waals surface area (Å²) in [5.74, 6) is -0.169. The zero-order valence-electron chi connectivity index (χ0n) is 12.8. The number of nitrogens with zero attached hydrogens (tertiary/aromatic N) is 2. The molecule has 2 aromatic rings. The van der Waals surface area contributed by atoms with Gasteiger partial charge in [0.05, 0.1) is 11.4 Å². The van der Waals surface area contributed by atoms with Crippen molar-refractivity contribution < 1.29 is 4.79 Å². The lowest BCUT2D eigenvalue weighted by Gasteiger charge is -2.20. The van der Waals surface area contributed by atoms with Crippen molar-refractivity contribution in [2.24, 2.45) is 0 Å². The molecule has 2 rings (SSSR count). The van der Waals surface area contributed by atoms with E-state index >= 15 is 0 Å². The second-order valence-electron chi connectivity index (χ2n) is 5.10. The third-order valence-corrected chi connectivity index (χ3v) is 3.49. The van der Waals surface area contributed by atoms with Gasteiger partial charge in [-0.2, -0.15) is 5.10 Å². The fourth-order valence-electron chi connectivity index (χ4n) is 2.29. The summed E-state index contributed by atoms with van der Waals surface area (Å²) in [4.78, 5) is 14.3. The molecule has 3 N–H and O–H groups in total. The molecule has 1 amide bonds. The average Bonchev–Trinajstić information content (AvgIpc) is 2.83. The van der Waals surface area contributed by atoms with Crippen molar-refractivity contribution in [3.05, 3.63) is 41.2 Å². The van der Waals surface area contributed by atoms with Crippen LogP contribution in [0.1, 0.15) is 42.0 Å². The molecule has 0 unspecified atom stereocenters. The van der Waals surface area contributed by atoms with Gasteiger partial charge in [0.2, 0.25) is 0 Å². The lowest BCUT2D eigenvalue weighted by molar-refractivity contribution is 0.0984. The molecule has 0 radical (unpaired) electrons. The van der Waals surface area contributed by atoms with E-state index in [9.17, 15) is 4.79 Å². The number of benzene rings is 1. The molecule has 0 saturated heterocycles.